The minimum atomic E-state index is 0.111. The molecule has 0 aliphatic carbocycles. The largest absolute Gasteiger partial charge is 0.391 e. The third-order valence-corrected chi connectivity index (χ3v) is 4.49. The number of rotatable bonds is 3. The Hall–Kier alpha value is -0.610. The molecule has 3 nitrogen and oxygen atoms in total. The molecule has 1 aromatic rings. The highest BCUT2D eigenvalue weighted by Gasteiger charge is 2.22. The van der Waals surface area contributed by atoms with E-state index in [9.17, 15) is 0 Å². The van der Waals surface area contributed by atoms with E-state index in [1.54, 1.807) is 17.5 Å². The number of hydrogen-bond donors (Lipinski definition) is 1. The van der Waals surface area contributed by atoms with Gasteiger partial charge in [0.15, 0.2) is 5.13 Å². The van der Waals surface area contributed by atoms with Crippen LogP contribution in [0.2, 0.25) is 0 Å². The number of aromatic nitrogens is 1. The summed E-state index contributed by atoms with van der Waals surface area (Å²) >= 11 is 1.61. The van der Waals surface area contributed by atoms with E-state index in [0.717, 1.165) is 34.9 Å². The Morgan fingerprint density at radius 3 is 2.69 bits per heavy atom. The van der Waals surface area contributed by atoms with Crippen molar-refractivity contribution in [2.75, 3.05) is 18.0 Å². The van der Waals surface area contributed by atoms with Crippen molar-refractivity contribution in [3.8, 4) is 0 Å². The van der Waals surface area contributed by atoms with Crippen LogP contribution in [0.5, 0.6) is 0 Å². The summed E-state index contributed by atoms with van der Waals surface area (Å²) in [6.45, 7) is 6.96. The van der Waals surface area contributed by atoms with Gasteiger partial charge in [0.25, 0.3) is 0 Å². The van der Waals surface area contributed by atoms with E-state index >= 15 is 0 Å². The highest BCUT2D eigenvalue weighted by Crippen LogP contribution is 2.30. The molecule has 0 amide bonds. The molecule has 0 saturated carbocycles. The fraction of sp³-hybridized carbons (Fsp3) is 0.750. The lowest BCUT2D eigenvalue weighted by Gasteiger charge is -2.33. The Bertz CT molecular complexity index is 330. The second kappa shape index (κ2) is 5.15. The molecule has 4 heteroatoms. The predicted octanol–water partition coefficient (Wildman–Crippen LogP) is 2.51. The quantitative estimate of drug-likeness (QED) is 0.882. The third kappa shape index (κ3) is 2.55. The van der Waals surface area contributed by atoms with Gasteiger partial charge in [0.1, 0.15) is 0 Å². The van der Waals surface area contributed by atoms with Gasteiger partial charge in [-0.05, 0) is 24.7 Å². The van der Waals surface area contributed by atoms with Crippen LogP contribution in [-0.2, 0) is 6.61 Å². The summed E-state index contributed by atoms with van der Waals surface area (Å²) < 4.78 is 0. The lowest BCUT2D eigenvalue weighted by atomic mass is 9.87. The van der Waals surface area contributed by atoms with Gasteiger partial charge in [-0.15, -0.1) is 0 Å². The molecule has 0 aromatic carbocycles. The summed E-state index contributed by atoms with van der Waals surface area (Å²) in [5.41, 5.74) is 0. The van der Waals surface area contributed by atoms with Crippen LogP contribution in [0.25, 0.3) is 0 Å². The van der Waals surface area contributed by atoms with Crippen LogP contribution in [-0.4, -0.2) is 23.2 Å². The van der Waals surface area contributed by atoms with Gasteiger partial charge in [0.05, 0.1) is 11.5 Å². The van der Waals surface area contributed by atoms with Crippen LogP contribution in [0.15, 0.2) is 6.20 Å². The number of hydrogen-bond acceptors (Lipinski definition) is 4. The van der Waals surface area contributed by atoms with Gasteiger partial charge in [-0.25, -0.2) is 4.98 Å². The van der Waals surface area contributed by atoms with Crippen molar-refractivity contribution in [2.45, 2.75) is 33.3 Å². The molecule has 16 heavy (non-hydrogen) atoms. The smallest absolute Gasteiger partial charge is 0.185 e. The molecule has 1 aromatic heterocycles. The van der Waals surface area contributed by atoms with Gasteiger partial charge in [-0.3, -0.25) is 0 Å². The number of nitrogens with zero attached hydrogens (tertiary/aromatic N) is 2. The Morgan fingerprint density at radius 1 is 1.50 bits per heavy atom. The molecule has 90 valence electrons. The van der Waals surface area contributed by atoms with E-state index in [1.165, 1.54) is 12.8 Å². The first-order valence-corrected chi connectivity index (χ1v) is 6.83. The molecule has 1 N–H and O–H groups in total. The first-order chi connectivity index (χ1) is 7.70. The average Bonchev–Trinajstić information content (AvgIpc) is 2.77. The molecular formula is C12H20N2OS. The number of thiazole rings is 1. The van der Waals surface area contributed by atoms with E-state index < -0.39 is 0 Å². The van der Waals surface area contributed by atoms with Crippen molar-refractivity contribution >= 4 is 16.5 Å². The number of anilines is 1. The topological polar surface area (TPSA) is 36.4 Å². The normalized spacial score (nSPS) is 18.4. The van der Waals surface area contributed by atoms with Gasteiger partial charge in [0.2, 0.25) is 0 Å². The van der Waals surface area contributed by atoms with Gasteiger partial charge in [0, 0.05) is 19.3 Å². The average molecular weight is 240 g/mol. The molecule has 0 radical (unpaired) electrons. The fourth-order valence-corrected chi connectivity index (χ4v) is 3.10. The molecule has 0 bridgehead atoms. The maximum absolute atomic E-state index is 9.02. The molecule has 1 saturated heterocycles. The standard InChI is InChI=1S/C12H20N2OS/c1-9(2)10-3-5-14(6-4-10)12-13-7-11(8-15)16-12/h7,9-10,15H,3-6,8H2,1-2H3. The van der Waals surface area contributed by atoms with Gasteiger partial charge in [-0.2, -0.15) is 0 Å². The predicted molar refractivity (Wildman–Crippen MR) is 67.8 cm³/mol. The van der Waals surface area contributed by atoms with Crippen molar-refractivity contribution in [3.05, 3.63) is 11.1 Å². The highest BCUT2D eigenvalue weighted by molar-refractivity contribution is 7.15. The Kier molecular flexibility index (Phi) is 3.82. The molecule has 1 aliphatic heterocycles. The zero-order chi connectivity index (χ0) is 11.5. The van der Waals surface area contributed by atoms with E-state index in [1.807, 2.05) is 0 Å². The van der Waals surface area contributed by atoms with Crippen LogP contribution in [0.3, 0.4) is 0 Å². The van der Waals surface area contributed by atoms with Crippen LogP contribution in [0.4, 0.5) is 5.13 Å². The van der Waals surface area contributed by atoms with Crippen LogP contribution in [0.1, 0.15) is 31.6 Å². The van der Waals surface area contributed by atoms with E-state index in [4.69, 9.17) is 5.11 Å². The van der Waals surface area contributed by atoms with Crippen molar-refractivity contribution in [1.29, 1.82) is 0 Å². The SMILES string of the molecule is CC(C)C1CCN(c2ncc(CO)s2)CC1. The van der Waals surface area contributed by atoms with Crippen molar-refractivity contribution < 1.29 is 5.11 Å². The summed E-state index contributed by atoms with van der Waals surface area (Å²) in [5, 5.41) is 10.1. The first-order valence-electron chi connectivity index (χ1n) is 6.01. The van der Waals surface area contributed by atoms with Crippen molar-refractivity contribution in [2.24, 2.45) is 11.8 Å². The number of piperidine rings is 1. The van der Waals surface area contributed by atoms with Gasteiger partial charge < -0.3 is 10.0 Å². The summed E-state index contributed by atoms with van der Waals surface area (Å²) in [7, 11) is 0. The molecule has 2 heterocycles. The summed E-state index contributed by atoms with van der Waals surface area (Å²) in [5.74, 6) is 1.67. The van der Waals surface area contributed by atoms with Crippen LogP contribution >= 0.6 is 11.3 Å². The van der Waals surface area contributed by atoms with E-state index in [0.29, 0.717) is 0 Å². The molecule has 0 atom stereocenters. The summed E-state index contributed by atoms with van der Waals surface area (Å²) in [4.78, 5) is 7.67. The maximum atomic E-state index is 9.02. The molecule has 0 spiro atoms. The summed E-state index contributed by atoms with van der Waals surface area (Å²) in [6.07, 6.45) is 4.33. The van der Waals surface area contributed by atoms with Crippen molar-refractivity contribution in [1.82, 2.24) is 4.98 Å². The lowest BCUT2D eigenvalue weighted by molar-refractivity contribution is 0.285. The molecular weight excluding hydrogens is 220 g/mol. The lowest BCUT2D eigenvalue weighted by Crippen LogP contribution is -2.35. The van der Waals surface area contributed by atoms with Crippen LogP contribution < -0.4 is 4.90 Å². The monoisotopic (exact) mass is 240 g/mol. The van der Waals surface area contributed by atoms with E-state index in [2.05, 4.69) is 23.7 Å². The Morgan fingerprint density at radius 2 is 2.19 bits per heavy atom. The molecule has 1 aliphatic rings. The molecule has 2 rings (SSSR count). The number of aliphatic hydroxyl groups is 1. The zero-order valence-corrected chi connectivity index (χ0v) is 10.8. The maximum Gasteiger partial charge on any atom is 0.185 e. The minimum Gasteiger partial charge on any atom is -0.391 e. The van der Waals surface area contributed by atoms with Gasteiger partial charge in [-0.1, -0.05) is 25.2 Å². The third-order valence-electron chi connectivity index (χ3n) is 3.45. The molecule has 0 unspecified atom stereocenters. The number of aliphatic hydroxyl groups excluding tert-OH is 1. The fourth-order valence-electron chi connectivity index (χ4n) is 2.27. The second-order valence-electron chi connectivity index (χ2n) is 4.84. The van der Waals surface area contributed by atoms with Crippen molar-refractivity contribution in [3.63, 3.8) is 0 Å². The Balaban J connectivity index is 1.93. The zero-order valence-electron chi connectivity index (χ0n) is 10.0. The summed E-state index contributed by atoms with van der Waals surface area (Å²) in [6, 6.07) is 0. The Labute approximate surface area is 101 Å². The van der Waals surface area contributed by atoms with Gasteiger partial charge >= 0.3 is 0 Å². The highest BCUT2D eigenvalue weighted by atomic mass is 32.1. The molecule has 1 fully saturated rings. The van der Waals surface area contributed by atoms with Crippen LogP contribution in [0, 0.1) is 11.8 Å². The first kappa shape index (κ1) is 11.9. The van der Waals surface area contributed by atoms with E-state index in [-0.39, 0.29) is 6.61 Å². The minimum absolute atomic E-state index is 0.111. The second-order valence-corrected chi connectivity index (χ2v) is 5.93.